The molecule has 0 aliphatic rings. The normalized spacial score (nSPS) is 9.53. The van der Waals surface area contributed by atoms with Crippen LogP contribution in [-0.2, 0) is 14.4 Å². The van der Waals surface area contributed by atoms with E-state index in [9.17, 15) is 14.4 Å². The van der Waals surface area contributed by atoms with Crippen molar-refractivity contribution in [2.75, 3.05) is 39.3 Å². The maximum absolute atomic E-state index is 11.0. The van der Waals surface area contributed by atoms with Crippen molar-refractivity contribution in [2.24, 2.45) is 5.73 Å². The Balaban J connectivity index is -0.000000492. The van der Waals surface area contributed by atoms with Crippen LogP contribution in [0.3, 0.4) is 0 Å². The summed E-state index contributed by atoms with van der Waals surface area (Å²) in [4.78, 5) is 34.5. The summed E-state index contributed by atoms with van der Waals surface area (Å²) in [6.45, 7) is 14.4. The predicted molar refractivity (Wildman–Crippen MR) is 168 cm³/mol. The molecule has 0 saturated heterocycles. The van der Waals surface area contributed by atoms with Crippen molar-refractivity contribution in [3.8, 4) is 0 Å². The number of unbranched alkanes of at least 4 members (excludes halogenated alkanes) is 3. The number of rotatable bonds is 19. The molecule has 0 heterocycles. The summed E-state index contributed by atoms with van der Waals surface area (Å²) in [6.07, 6.45) is 9.42. The van der Waals surface area contributed by atoms with Crippen molar-refractivity contribution in [3.05, 3.63) is 0 Å². The van der Waals surface area contributed by atoms with Gasteiger partial charge in [-0.05, 0) is 78.7 Å². The molecule has 0 bridgehead atoms. The van der Waals surface area contributed by atoms with E-state index in [-0.39, 0.29) is 17.7 Å². The number of hydrogen-bond acceptors (Lipinski definition) is 6. The van der Waals surface area contributed by atoms with Gasteiger partial charge in [-0.1, -0.05) is 38.3 Å². The highest BCUT2D eigenvalue weighted by Crippen LogP contribution is 1.96. The van der Waals surface area contributed by atoms with Gasteiger partial charge in [-0.3, -0.25) is 14.4 Å². The predicted octanol–water partition coefficient (Wildman–Crippen LogP) is 3.49. The Labute approximate surface area is 243 Å². The molecule has 0 saturated carbocycles. The SMILES string of the molecule is CCNC(=O)CCCCN.CCNC(=O)CCCCNC(=O)CC.CCNC(=S)CCCCNC(=S)CC. The minimum atomic E-state index is 0.0722. The van der Waals surface area contributed by atoms with Crippen LogP contribution in [0.4, 0.5) is 0 Å². The summed E-state index contributed by atoms with van der Waals surface area (Å²) in [5.74, 6) is 0.299. The van der Waals surface area contributed by atoms with Crippen LogP contribution in [0.5, 0.6) is 0 Å². The third-order valence-corrected chi connectivity index (χ3v) is 5.71. The minimum absolute atomic E-state index is 0.0722. The molecule has 38 heavy (non-hydrogen) atoms. The monoisotopic (exact) mass is 576 g/mol. The highest BCUT2D eigenvalue weighted by Gasteiger charge is 2.00. The van der Waals surface area contributed by atoms with Crippen molar-refractivity contribution in [3.63, 3.8) is 0 Å². The van der Waals surface area contributed by atoms with E-state index in [1.165, 1.54) is 0 Å². The van der Waals surface area contributed by atoms with Crippen molar-refractivity contribution in [1.82, 2.24) is 26.6 Å². The van der Waals surface area contributed by atoms with Gasteiger partial charge in [0, 0.05) is 52.0 Å². The smallest absolute Gasteiger partial charge is 0.219 e. The maximum atomic E-state index is 11.0. The molecule has 0 unspecified atom stereocenters. The zero-order valence-corrected chi connectivity index (χ0v) is 26.3. The highest BCUT2D eigenvalue weighted by molar-refractivity contribution is 7.80. The highest BCUT2D eigenvalue weighted by atomic mass is 32.1. The molecule has 0 spiro atoms. The lowest BCUT2D eigenvalue weighted by molar-refractivity contribution is -0.122. The summed E-state index contributed by atoms with van der Waals surface area (Å²) >= 11 is 10.2. The van der Waals surface area contributed by atoms with E-state index in [2.05, 4.69) is 40.4 Å². The second kappa shape index (κ2) is 33.2. The van der Waals surface area contributed by atoms with Gasteiger partial charge in [0.15, 0.2) is 0 Å². The van der Waals surface area contributed by atoms with Crippen LogP contribution in [0.15, 0.2) is 0 Å². The molecule has 0 aliphatic carbocycles. The molecular weight excluding hydrogens is 520 g/mol. The van der Waals surface area contributed by atoms with Crippen LogP contribution in [-0.4, -0.2) is 67.0 Å². The van der Waals surface area contributed by atoms with E-state index in [4.69, 9.17) is 30.2 Å². The van der Waals surface area contributed by atoms with Gasteiger partial charge in [-0.25, -0.2) is 0 Å². The first kappa shape index (κ1) is 40.6. The molecule has 7 N–H and O–H groups in total. The molecule has 0 rings (SSSR count). The van der Waals surface area contributed by atoms with Gasteiger partial charge < -0.3 is 32.3 Å². The number of amides is 3. The fourth-order valence-electron chi connectivity index (χ4n) is 2.81. The van der Waals surface area contributed by atoms with Crippen LogP contribution in [0.25, 0.3) is 0 Å². The Kier molecular flexibility index (Phi) is 35.5. The van der Waals surface area contributed by atoms with Crippen LogP contribution < -0.4 is 32.3 Å². The van der Waals surface area contributed by atoms with Crippen LogP contribution in [0.1, 0.15) is 105 Å². The standard InChI is InChI=1S/C10H20N2O2.C10H20N2S2.C7H16N2O/c2*1-3-9(13)12-8-6-5-7-10(14)11-4-2;1-2-9-7(10)5-3-4-6-8/h2*3-8H2,1-2H3,(H,11,14)(H,12,13);2-6,8H2,1H3,(H,9,10). The van der Waals surface area contributed by atoms with E-state index in [1.807, 2.05) is 20.8 Å². The van der Waals surface area contributed by atoms with Crippen molar-refractivity contribution in [2.45, 2.75) is 105 Å². The molecule has 11 heteroatoms. The number of carbonyl (C=O) groups is 3. The van der Waals surface area contributed by atoms with Crippen LogP contribution in [0.2, 0.25) is 0 Å². The number of nitrogens with one attached hydrogen (secondary N) is 5. The molecule has 0 aromatic carbocycles. The molecule has 0 atom stereocenters. The number of hydrogen-bond donors (Lipinski definition) is 6. The zero-order valence-electron chi connectivity index (χ0n) is 24.6. The van der Waals surface area contributed by atoms with Gasteiger partial charge in [-0.15, -0.1) is 0 Å². The first-order valence-corrected chi connectivity index (χ1v) is 15.1. The lowest BCUT2D eigenvalue weighted by Crippen LogP contribution is -2.24. The van der Waals surface area contributed by atoms with Gasteiger partial charge in [0.2, 0.25) is 17.7 Å². The maximum Gasteiger partial charge on any atom is 0.219 e. The van der Waals surface area contributed by atoms with Gasteiger partial charge in [0.05, 0.1) is 9.98 Å². The first-order chi connectivity index (χ1) is 18.2. The number of carbonyl (C=O) groups excluding carboxylic acids is 3. The lowest BCUT2D eigenvalue weighted by atomic mass is 10.2. The molecule has 0 aliphatic heterocycles. The molecule has 0 aromatic rings. The summed E-state index contributed by atoms with van der Waals surface area (Å²) in [7, 11) is 0. The lowest BCUT2D eigenvalue weighted by Gasteiger charge is -2.06. The number of nitrogens with two attached hydrogens (primary N) is 1. The summed E-state index contributed by atoms with van der Waals surface area (Å²) in [5, 5.41) is 14.6. The van der Waals surface area contributed by atoms with E-state index in [1.54, 1.807) is 0 Å². The van der Waals surface area contributed by atoms with E-state index in [0.29, 0.717) is 38.9 Å². The molecule has 0 radical (unpaired) electrons. The average molecular weight is 577 g/mol. The molecular formula is C27H56N6O3S2. The fraction of sp³-hybridized carbons (Fsp3) is 0.815. The third kappa shape index (κ3) is 36.3. The quantitative estimate of drug-likeness (QED) is 0.102. The van der Waals surface area contributed by atoms with Crippen molar-refractivity contribution >= 4 is 52.1 Å². The molecule has 9 nitrogen and oxygen atoms in total. The van der Waals surface area contributed by atoms with E-state index in [0.717, 1.165) is 81.0 Å². The molecule has 0 fully saturated rings. The molecule has 3 amide bonds. The average Bonchev–Trinajstić information content (AvgIpc) is 2.89. The van der Waals surface area contributed by atoms with E-state index < -0.39 is 0 Å². The Morgan fingerprint density at radius 3 is 1.45 bits per heavy atom. The van der Waals surface area contributed by atoms with Crippen LogP contribution in [0, 0.1) is 0 Å². The Morgan fingerprint density at radius 1 is 0.526 bits per heavy atom. The van der Waals surface area contributed by atoms with Gasteiger partial charge in [-0.2, -0.15) is 0 Å². The second-order valence-corrected chi connectivity index (χ2v) is 9.41. The van der Waals surface area contributed by atoms with Gasteiger partial charge in [0.1, 0.15) is 0 Å². The van der Waals surface area contributed by atoms with Crippen LogP contribution >= 0.6 is 24.4 Å². The van der Waals surface area contributed by atoms with Gasteiger partial charge >= 0.3 is 0 Å². The second-order valence-electron chi connectivity index (χ2n) is 8.43. The van der Waals surface area contributed by atoms with Crippen molar-refractivity contribution < 1.29 is 14.4 Å². The Morgan fingerprint density at radius 2 is 1.00 bits per heavy atom. The fourth-order valence-corrected chi connectivity index (χ4v) is 3.20. The first-order valence-electron chi connectivity index (χ1n) is 14.2. The van der Waals surface area contributed by atoms with Gasteiger partial charge in [0.25, 0.3) is 0 Å². The number of thiocarbonyl (C=S) groups is 2. The molecule has 0 aromatic heterocycles. The zero-order chi connectivity index (χ0) is 29.4. The topological polar surface area (TPSA) is 137 Å². The van der Waals surface area contributed by atoms with Crippen molar-refractivity contribution in [1.29, 1.82) is 0 Å². The minimum Gasteiger partial charge on any atom is -0.380 e. The van der Waals surface area contributed by atoms with E-state index >= 15 is 0 Å². The summed E-state index contributed by atoms with van der Waals surface area (Å²) in [5.41, 5.74) is 5.26. The summed E-state index contributed by atoms with van der Waals surface area (Å²) in [6, 6.07) is 0. The third-order valence-electron chi connectivity index (χ3n) is 4.93. The Bertz CT molecular complexity index is 582. The Hall–Kier alpha value is -1.85. The molecule has 224 valence electrons. The largest absolute Gasteiger partial charge is 0.380 e. The summed E-state index contributed by atoms with van der Waals surface area (Å²) < 4.78 is 0.